The Kier molecular flexibility index (Phi) is 3.67. The first kappa shape index (κ1) is 14.5. The number of aromatic nitrogens is 3. The first-order valence-corrected chi connectivity index (χ1v) is 8.11. The topological polar surface area (TPSA) is 65.0 Å². The smallest absolute Gasteiger partial charge is 0.143 e. The third-order valence-electron chi connectivity index (χ3n) is 4.35. The van der Waals surface area contributed by atoms with E-state index in [4.69, 9.17) is 11.6 Å². The zero-order chi connectivity index (χ0) is 15.8. The summed E-state index contributed by atoms with van der Waals surface area (Å²) >= 11 is 6.14. The van der Waals surface area contributed by atoms with E-state index in [0.29, 0.717) is 5.02 Å². The quantitative estimate of drug-likeness (QED) is 0.758. The maximum absolute atomic E-state index is 9.73. The second-order valence-corrected chi connectivity index (χ2v) is 6.29. The molecule has 1 saturated heterocycles. The van der Waals surface area contributed by atoms with Gasteiger partial charge in [-0.15, -0.1) is 0 Å². The molecular weight excluding hydrogens is 312 g/mol. The maximum atomic E-state index is 9.73. The van der Waals surface area contributed by atoms with Crippen LogP contribution in [0.4, 0.5) is 5.82 Å². The van der Waals surface area contributed by atoms with Gasteiger partial charge in [-0.05, 0) is 30.5 Å². The van der Waals surface area contributed by atoms with Crippen molar-refractivity contribution < 1.29 is 5.11 Å². The van der Waals surface area contributed by atoms with Gasteiger partial charge in [-0.25, -0.2) is 9.97 Å². The third-order valence-corrected chi connectivity index (χ3v) is 4.58. The molecule has 0 aliphatic carbocycles. The van der Waals surface area contributed by atoms with Gasteiger partial charge in [0.05, 0.1) is 11.5 Å². The van der Waals surface area contributed by atoms with Crippen molar-refractivity contribution in [3.8, 4) is 11.1 Å². The number of fused-ring (bicyclic) bond motifs is 1. The van der Waals surface area contributed by atoms with Gasteiger partial charge < -0.3 is 15.0 Å². The van der Waals surface area contributed by atoms with Crippen molar-refractivity contribution in [2.45, 2.75) is 18.9 Å². The number of nitrogens with one attached hydrogen (secondary N) is 1. The fourth-order valence-corrected chi connectivity index (χ4v) is 3.34. The van der Waals surface area contributed by atoms with Crippen LogP contribution in [0.2, 0.25) is 5.02 Å². The number of rotatable bonds is 2. The summed E-state index contributed by atoms with van der Waals surface area (Å²) in [6.07, 6.45) is 4.86. The molecule has 0 atom stereocenters. The molecule has 3 aromatic rings. The average molecular weight is 329 g/mol. The Balaban J connectivity index is 1.84. The van der Waals surface area contributed by atoms with Crippen LogP contribution in [0.1, 0.15) is 12.8 Å². The normalized spacial score (nSPS) is 16.2. The average Bonchev–Trinajstić information content (AvgIpc) is 3.00. The van der Waals surface area contributed by atoms with Gasteiger partial charge >= 0.3 is 0 Å². The van der Waals surface area contributed by atoms with Crippen LogP contribution >= 0.6 is 11.6 Å². The summed E-state index contributed by atoms with van der Waals surface area (Å²) in [6.45, 7) is 1.60. The molecule has 6 heteroatoms. The molecule has 0 saturated carbocycles. The largest absolute Gasteiger partial charge is 0.393 e. The lowest BCUT2D eigenvalue weighted by atomic mass is 10.0. The molecule has 0 bridgehead atoms. The molecule has 23 heavy (non-hydrogen) atoms. The molecule has 2 N–H and O–H groups in total. The second kappa shape index (κ2) is 5.83. The van der Waals surface area contributed by atoms with E-state index in [-0.39, 0.29) is 6.10 Å². The summed E-state index contributed by atoms with van der Waals surface area (Å²) in [6, 6.07) is 7.78. The van der Waals surface area contributed by atoms with Crippen LogP contribution in [-0.2, 0) is 0 Å². The molecule has 0 spiro atoms. The van der Waals surface area contributed by atoms with Crippen LogP contribution in [0, 0.1) is 0 Å². The first-order valence-electron chi connectivity index (χ1n) is 7.73. The summed E-state index contributed by atoms with van der Waals surface area (Å²) in [5.74, 6) is 0.915. The highest BCUT2D eigenvalue weighted by Gasteiger charge is 2.22. The summed E-state index contributed by atoms with van der Waals surface area (Å²) in [5.41, 5.74) is 2.90. The number of benzene rings is 1. The van der Waals surface area contributed by atoms with Gasteiger partial charge in [-0.3, -0.25) is 0 Å². The van der Waals surface area contributed by atoms with E-state index in [1.54, 1.807) is 6.33 Å². The van der Waals surface area contributed by atoms with Crippen LogP contribution < -0.4 is 4.90 Å². The summed E-state index contributed by atoms with van der Waals surface area (Å²) in [4.78, 5) is 14.3. The lowest BCUT2D eigenvalue weighted by Crippen LogP contribution is -2.36. The van der Waals surface area contributed by atoms with E-state index in [9.17, 15) is 5.11 Å². The lowest BCUT2D eigenvalue weighted by molar-refractivity contribution is 0.145. The maximum Gasteiger partial charge on any atom is 0.143 e. The second-order valence-electron chi connectivity index (χ2n) is 5.85. The third kappa shape index (κ3) is 2.66. The SMILES string of the molecule is OC1CCN(c2ncnc3[nH]cc(-c4cccc(Cl)c4)c23)CC1. The monoisotopic (exact) mass is 328 g/mol. The van der Waals surface area contributed by atoms with Crippen molar-refractivity contribution in [3.05, 3.63) is 41.8 Å². The minimum absolute atomic E-state index is 0.206. The lowest BCUT2D eigenvalue weighted by Gasteiger charge is -2.31. The minimum atomic E-state index is -0.206. The number of piperidine rings is 1. The van der Waals surface area contributed by atoms with Gasteiger partial charge in [-0.1, -0.05) is 23.7 Å². The fraction of sp³-hybridized carbons (Fsp3) is 0.294. The Hall–Kier alpha value is -2.11. The molecule has 3 heterocycles. The number of aliphatic hydroxyl groups excluding tert-OH is 1. The van der Waals surface area contributed by atoms with E-state index in [1.807, 2.05) is 30.5 Å². The Morgan fingerprint density at radius 1 is 1.22 bits per heavy atom. The van der Waals surface area contributed by atoms with Crippen LogP contribution in [0.3, 0.4) is 0 Å². The van der Waals surface area contributed by atoms with Crippen LogP contribution in [-0.4, -0.2) is 39.3 Å². The van der Waals surface area contributed by atoms with E-state index < -0.39 is 0 Å². The molecule has 5 nitrogen and oxygen atoms in total. The summed E-state index contributed by atoms with van der Waals surface area (Å²) in [5, 5.41) is 11.4. The first-order chi connectivity index (χ1) is 11.2. The zero-order valence-corrected chi connectivity index (χ0v) is 13.3. The van der Waals surface area contributed by atoms with Crippen LogP contribution in [0.15, 0.2) is 36.8 Å². The Morgan fingerprint density at radius 3 is 2.83 bits per heavy atom. The predicted octanol–water partition coefficient (Wildman–Crippen LogP) is 3.24. The molecular formula is C17H17ClN4O. The number of aliphatic hydroxyl groups is 1. The van der Waals surface area contributed by atoms with Gasteiger partial charge in [0, 0.05) is 29.9 Å². The molecule has 1 aromatic carbocycles. The van der Waals surface area contributed by atoms with Gasteiger partial charge in [0.2, 0.25) is 0 Å². The highest BCUT2D eigenvalue weighted by molar-refractivity contribution is 6.31. The number of nitrogens with zero attached hydrogens (tertiary/aromatic N) is 3. The van der Waals surface area contributed by atoms with Crippen molar-refractivity contribution in [2.75, 3.05) is 18.0 Å². The number of hydrogen-bond acceptors (Lipinski definition) is 4. The van der Waals surface area contributed by atoms with Crippen molar-refractivity contribution in [1.82, 2.24) is 15.0 Å². The molecule has 0 amide bonds. The number of hydrogen-bond donors (Lipinski definition) is 2. The molecule has 4 rings (SSSR count). The van der Waals surface area contributed by atoms with Crippen molar-refractivity contribution in [3.63, 3.8) is 0 Å². The Bertz CT molecular complexity index is 839. The number of H-pyrrole nitrogens is 1. The Labute approximate surface area is 138 Å². The Morgan fingerprint density at radius 2 is 2.04 bits per heavy atom. The predicted molar refractivity (Wildman–Crippen MR) is 91.8 cm³/mol. The van der Waals surface area contributed by atoms with Crippen LogP contribution in [0.5, 0.6) is 0 Å². The van der Waals surface area contributed by atoms with Gasteiger partial charge in [0.1, 0.15) is 17.8 Å². The van der Waals surface area contributed by atoms with E-state index >= 15 is 0 Å². The molecule has 2 aromatic heterocycles. The number of aromatic amines is 1. The molecule has 1 aliphatic rings. The van der Waals surface area contributed by atoms with Crippen LogP contribution in [0.25, 0.3) is 22.2 Å². The van der Waals surface area contributed by atoms with E-state index in [1.165, 1.54) is 0 Å². The van der Waals surface area contributed by atoms with Gasteiger partial charge in [0.25, 0.3) is 0 Å². The van der Waals surface area contributed by atoms with Crippen molar-refractivity contribution >= 4 is 28.5 Å². The van der Waals surface area contributed by atoms with E-state index in [0.717, 1.165) is 53.9 Å². The van der Waals surface area contributed by atoms with Gasteiger partial charge in [-0.2, -0.15) is 0 Å². The fourth-order valence-electron chi connectivity index (χ4n) is 3.15. The zero-order valence-electron chi connectivity index (χ0n) is 12.5. The van der Waals surface area contributed by atoms with E-state index in [2.05, 4.69) is 19.9 Å². The highest BCUT2D eigenvalue weighted by Crippen LogP contribution is 2.35. The van der Waals surface area contributed by atoms with Gasteiger partial charge in [0.15, 0.2) is 0 Å². The number of halogens is 1. The number of anilines is 1. The minimum Gasteiger partial charge on any atom is -0.393 e. The van der Waals surface area contributed by atoms with Crippen molar-refractivity contribution in [1.29, 1.82) is 0 Å². The summed E-state index contributed by atoms with van der Waals surface area (Å²) < 4.78 is 0. The molecule has 1 fully saturated rings. The molecule has 1 aliphatic heterocycles. The molecule has 0 unspecified atom stereocenters. The standard InChI is InChI=1S/C17H17ClN4O/c18-12-3-1-2-11(8-12)14-9-19-16-15(14)17(21-10-20-16)22-6-4-13(23)5-7-22/h1-3,8-10,13,23H,4-7H2,(H,19,20,21). The molecule has 0 radical (unpaired) electrons. The highest BCUT2D eigenvalue weighted by atomic mass is 35.5. The molecule has 118 valence electrons. The summed E-state index contributed by atoms with van der Waals surface area (Å²) in [7, 11) is 0. The van der Waals surface area contributed by atoms with Crippen molar-refractivity contribution in [2.24, 2.45) is 0 Å².